The first-order valence-electron chi connectivity index (χ1n) is 4.94. The van der Waals surface area contributed by atoms with Gasteiger partial charge in [0.25, 0.3) is 0 Å². The molecule has 0 saturated carbocycles. The first-order chi connectivity index (χ1) is 7.11. The lowest BCUT2D eigenvalue weighted by molar-refractivity contribution is 0.0175. The van der Waals surface area contributed by atoms with Gasteiger partial charge < -0.3 is 13.9 Å². The molecule has 0 unspecified atom stereocenters. The summed E-state index contributed by atoms with van der Waals surface area (Å²) in [6, 6.07) is 1.60. The molecule has 1 aromatic rings. The number of esters is 1. The van der Waals surface area contributed by atoms with Crippen molar-refractivity contribution in [1.82, 2.24) is 0 Å². The zero-order valence-electron chi connectivity index (χ0n) is 9.28. The molecule has 0 spiro atoms. The van der Waals surface area contributed by atoms with Gasteiger partial charge in [-0.2, -0.15) is 0 Å². The van der Waals surface area contributed by atoms with Crippen molar-refractivity contribution >= 4 is 5.97 Å². The fraction of sp³-hybridized carbons (Fsp3) is 0.545. The number of rotatable bonds is 5. The first-order valence-corrected chi connectivity index (χ1v) is 4.94. The lowest BCUT2D eigenvalue weighted by Gasteiger charge is -2.07. The molecule has 0 N–H and O–H groups in total. The van der Waals surface area contributed by atoms with Crippen LogP contribution in [0.25, 0.3) is 0 Å². The molecule has 0 aliphatic rings. The topological polar surface area (TPSA) is 48.7 Å². The Morgan fingerprint density at radius 2 is 2.20 bits per heavy atom. The minimum absolute atomic E-state index is 0.152. The minimum atomic E-state index is -0.367. The van der Waals surface area contributed by atoms with Crippen LogP contribution in [-0.2, 0) is 9.47 Å². The average molecular weight is 212 g/mol. The van der Waals surface area contributed by atoms with E-state index in [1.54, 1.807) is 13.0 Å². The highest BCUT2D eigenvalue weighted by molar-refractivity contribution is 5.90. The molecule has 1 aromatic heterocycles. The van der Waals surface area contributed by atoms with E-state index in [0.29, 0.717) is 17.9 Å². The highest BCUT2D eigenvalue weighted by Gasteiger charge is 2.12. The predicted octanol–water partition coefficient (Wildman–Crippen LogP) is 2.17. The van der Waals surface area contributed by atoms with Crippen LogP contribution in [0.2, 0.25) is 0 Å². The Morgan fingerprint density at radius 1 is 1.47 bits per heavy atom. The highest BCUT2D eigenvalue weighted by atomic mass is 16.6. The number of carbonyl (C=O) groups excluding carboxylic acids is 1. The summed E-state index contributed by atoms with van der Waals surface area (Å²) in [6.45, 7) is 6.27. The van der Waals surface area contributed by atoms with E-state index in [-0.39, 0.29) is 18.7 Å². The maximum absolute atomic E-state index is 11.4. The summed E-state index contributed by atoms with van der Waals surface area (Å²) >= 11 is 0. The van der Waals surface area contributed by atoms with E-state index in [1.807, 2.05) is 13.8 Å². The molecule has 0 bridgehead atoms. The van der Waals surface area contributed by atoms with Crippen molar-refractivity contribution in [2.75, 3.05) is 13.2 Å². The van der Waals surface area contributed by atoms with Crippen LogP contribution in [0.15, 0.2) is 16.7 Å². The molecule has 15 heavy (non-hydrogen) atoms. The molecule has 0 aromatic carbocycles. The van der Waals surface area contributed by atoms with Crippen LogP contribution in [0.3, 0.4) is 0 Å². The first kappa shape index (κ1) is 11.8. The van der Waals surface area contributed by atoms with Crippen molar-refractivity contribution < 1.29 is 18.7 Å². The smallest absolute Gasteiger partial charge is 0.341 e. The Balaban J connectivity index is 2.28. The Labute approximate surface area is 89.2 Å². The molecule has 4 nitrogen and oxygen atoms in total. The van der Waals surface area contributed by atoms with Gasteiger partial charge in [0.2, 0.25) is 0 Å². The van der Waals surface area contributed by atoms with Gasteiger partial charge in [0, 0.05) is 0 Å². The van der Waals surface area contributed by atoms with Crippen molar-refractivity contribution in [2.45, 2.75) is 26.9 Å². The van der Waals surface area contributed by atoms with Gasteiger partial charge in [0.15, 0.2) is 0 Å². The number of furan rings is 1. The van der Waals surface area contributed by atoms with Gasteiger partial charge in [-0.15, -0.1) is 0 Å². The second kappa shape index (κ2) is 5.56. The third-order valence-electron chi connectivity index (χ3n) is 1.85. The molecule has 0 atom stereocenters. The summed E-state index contributed by atoms with van der Waals surface area (Å²) in [5.41, 5.74) is 0.472. The third kappa shape index (κ3) is 3.75. The molecule has 0 amide bonds. The molecule has 1 heterocycles. The third-order valence-corrected chi connectivity index (χ3v) is 1.85. The van der Waals surface area contributed by atoms with Gasteiger partial charge in [0.1, 0.15) is 17.9 Å². The van der Waals surface area contributed by atoms with E-state index in [1.165, 1.54) is 6.26 Å². The van der Waals surface area contributed by atoms with Gasteiger partial charge >= 0.3 is 5.97 Å². The SMILES string of the molecule is Cc1occc1C(=O)OCCOC(C)C. The maximum Gasteiger partial charge on any atom is 0.341 e. The predicted molar refractivity (Wildman–Crippen MR) is 54.8 cm³/mol. The Kier molecular flexibility index (Phi) is 4.37. The molecule has 0 fully saturated rings. The van der Waals surface area contributed by atoms with E-state index in [4.69, 9.17) is 13.9 Å². The average Bonchev–Trinajstić information content (AvgIpc) is 2.58. The monoisotopic (exact) mass is 212 g/mol. The number of carbonyl (C=O) groups is 1. The summed E-state index contributed by atoms with van der Waals surface area (Å²) in [5.74, 6) is 0.207. The van der Waals surface area contributed by atoms with Crippen molar-refractivity contribution in [3.05, 3.63) is 23.7 Å². The maximum atomic E-state index is 11.4. The molecule has 0 radical (unpaired) electrons. The zero-order chi connectivity index (χ0) is 11.3. The fourth-order valence-electron chi connectivity index (χ4n) is 1.09. The number of aryl methyl sites for hydroxylation is 1. The van der Waals surface area contributed by atoms with Crippen LogP contribution in [0, 0.1) is 6.92 Å². The van der Waals surface area contributed by atoms with Gasteiger partial charge in [-0.3, -0.25) is 0 Å². The van der Waals surface area contributed by atoms with Gasteiger partial charge in [-0.1, -0.05) is 0 Å². The van der Waals surface area contributed by atoms with E-state index in [0.717, 1.165) is 0 Å². The van der Waals surface area contributed by atoms with Gasteiger partial charge in [-0.25, -0.2) is 4.79 Å². The van der Waals surface area contributed by atoms with Crippen LogP contribution in [0.5, 0.6) is 0 Å². The molecule has 84 valence electrons. The fourth-order valence-corrected chi connectivity index (χ4v) is 1.09. The van der Waals surface area contributed by atoms with E-state index in [2.05, 4.69) is 0 Å². The largest absolute Gasteiger partial charge is 0.469 e. The van der Waals surface area contributed by atoms with Crippen LogP contribution < -0.4 is 0 Å². The lowest BCUT2D eigenvalue weighted by atomic mass is 10.3. The summed E-state index contributed by atoms with van der Waals surface area (Å²) in [7, 11) is 0. The van der Waals surface area contributed by atoms with Crippen LogP contribution in [-0.4, -0.2) is 25.3 Å². The number of ether oxygens (including phenoxy) is 2. The number of hydrogen-bond donors (Lipinski definition) is 0. The van der Waals surface area contributed by atoms with E-state index < -0.39 is 0 Å². The van der Waals surface area contributed by atoms with Crippen LogP contribution in [0.1, 0.15) is 30.0 Å². The zero-order valence-corrected chi connectivity index (χ0v) is 9.28. The molecule has 0 aliphatic heterocycles. The number of hydrogen-bond acceptors (Lipinski definition) is 4. The summed E-state index contributed by atoms with van der Waals surface area (Å²) < 4.78 is 15.2. The standard InChI is InChI=1S/C11H16O4/c1-8(2)13-6-7-15-11(12)10-4-5-14-9(10)3/h4-5,8H,6-7H2,1-3H3. The van der Waals surface area contributed by atoms with E-state index >= 15 is 0 Å². The lowest BCUT2D eigenvalue weighted by Crippen LogP contribution is -2.13. The molecule has 1 rings (SSSR count). The molecular formula is C11H16O4. The van der Waals surface area contributed by atoms with Crippen molar-refractivity contribution in [3.63, 3.8) is 0 Å². The van der Waals surface area contributed by atoms with Crippen molar-refractivity contribution in [3.8, 4) is 0 Å². The Bertz CT molecular complexity index is 314. The van der Waals surface area contributed by atoms with Crippen LogP contribution in [0.4, 0.5) is 0 Å². The van der Waals surface area contributed by atoms with Gasteiger partial charge in [0.05, 0.1) is 19.0 Å². The Hall–Kier alpha value is -1.29. The molecule has 4 heteroatoms. The summed E-state index contributed by atoms with van der Waals surface area (Å²) in [4.78, 5) is 11.4. The van der Waals surface area contributed by atoms with Crippen molar-refractivity contribution in [2.24, 2.45) is 0 Å². The van der Waals surface area contributed by atoms with Crippen LogP contribution >= 0.6 is 0 Å². The highest BCUT2D eigenvalue weighted by Crippen LogP contribution is 2.09. The molecule has 0 aliphatic carbocycles. The summed E-state index contributed by atoms with van der Waals surface area (Å²) in [5, 5.41) is 0. The van der Waals surface area contributed by atoms with E-state index in [9.17, 15) is 4.79 Å². The quantitative estimate of drug-likeness (QED) is 0.554. The minimum Gasteiger partial charge on any atom is -0.469 e. The molecule has 0 saturated heterocycles. The van der Waals surface area contributed by atoms with Crippen molar-refractivity contribution in [1.29, 1.82) is 0 Å². The Morgan fingerprint density at radius 3 is 2.73 bits per heavy atom. The van der Waals surface area contributed by atoms with Gasteiger partial charge in [-0.05, 0) is 26.8 Å². The second-order valence-electron chi connectivity index (χ2n) is 3.45. The second-order valence-corrected chi connectivity index (χ2v) is 3.45. The summed E-state index contributed by atoms with van der Waals surface area (Å²) in [6.07, 6.45) is 1.62. The molecular weight excluding hydrogens is 196 g/mol. The normalized spacial score (nSPS) is 10.7.